The summed E-state index contributed by atoms with van der Waals surface area (Å²) >= 11 is 1.10. The first kappa shape index (κ1) is 18.6. The van der Waals surface area contributed by atoms with E-state index in [4.69, 9.17) is 0 Å². The molecular formula is C17H12F3N3O3S. The second-order valence-electron chi connectivity index (χ2n) is 5.50. The summed E-state index contributed by atoms with van der Waals surface area (Å²) in [6.45, 7) is 0. The fraction of sp³-hybridized carbons (Fsp3) is 0.118. The number of phenols is 1. The Morgan fingerprint density at radius 2 is 1.93 bits per heavy atom. The Hall–Kier alpha value is -3.14. The molecule has 0 amide bonds. The Balaban J connectivity index is 2.03. The second kappa shape index (κ2) is 6.88. The van der Waals surface area contributed by atoms with Crippen LogP contribution < -0.4 is 5.32 Å². The number of aromatic hydroxyl groups is 1. The Morgan fingerprint density at radius 1 is 1.19 bits per heavy atom. The lowest BCUT2D eigenvalue weighted by Gasteiger charge is -2.09. The van der Waals surface area contributed by atoms with E-state index in [0.717, 1.165) is 17.4 Å². The summed E-state index contributed by atoms with van der Waals surface area (Å²) in [7, 11) is 1.65. The molecule has 0 radical (unpaired) electrons. The van der Waals surface area contributed by atoms with Gasteiger partial charge in [0, 0.05) is 42.2 Å². The lowest BCUT2D eigenvalue weighted by molar-refractivity contribution is -0.384. The lowest BCUT2D eigenvalue weighted by Crippen LogP contribution is -2.04. The van der Waals surface area contributed by atoms with E-state index in [1.165, 1.54) is 24.4 Å². The van der Waals surface area contributed by atoms with Crippen LogP contribution in [0.15, 0.2) is 42.6 Å². The number of halogens is 3. The number of benzene rings is 2. The largest absolute Gasteiger partial charge is 0.507 e. The van der Waals surface area contributed by atoms with Gasteiger partial charge in [-0.05, 0) is 24.3 Å². The summed E-state index contributed by atoms with van der Waals surface area (Å²) in [5.41, 5.74) is 0.221. The quantitative estimate of drug-likeness (QED) is 0.471. The van der Waals surface area contributed by atoms with Gasteiger partial charge in [-0.25, -0.2) is 4.98 Å². The highest BCUT2D eigenvalue weighted by Gasteiger charge is 2.31. The molecule has 140 valence electrons. The molecule has 2 N–H and O–H groups in total. The van der Waals surface area contributed by atoms with Crippen LogP contribution in [-0.2, 0) is 6.18 Å². The van der Waals surface area contributed by atoms with Gasteiger partial charge in [-0.2, -0.15) is 13.2 Å². The topological polar surface area (TPSA) is 88.3 Å². The maximum absolute atomic E-state index is 12.7. The minimum Gasteiger partial charge on any atom is -0.507 e. The van der Waals surface area contributed by atoms with Gasteiger partial charge in [0.2, 0.25) is 0 Å². The normalized spacial score (nSPS) is 11.4. The molecule has 0 aliphatic heterocycles. The fourth-order valence-corrected chi connectivity index (χ4v) is 3.46. The standard InChI is InChI=1S/C17H12F3N3O3S/c1-21-13-5-3-10(23(25)26)7-12(13)16-22-8-15(27-16)11-4-2-9(6-14(11)24)17(18,19)20/h2-8,21,24H,1H3. The number of hydrogen-bond donors (Lipinski definition) is 2. The third-order valence-corrected chi connectivity index (χ3v) is 4.87. The number of non-ortho nitro benzene ring substituents is 1. The zero-order valence-electron chi connectivity index (χ0n) is 13.7. The van der Waals surface area contributed by atoms with Crippen LogP contribution in [0, 0.1) is 10.1 Å². The predicted octanol–water partition coefficient (Wildman–Crippen LogP) is 5.15. The van der Waals surface area contributed by atoms with Crippen LogP contribution in [0.25, 0.3) is 21.0 Å². The van der Waals surface area contributed by atoms with Gasteiger partial charge >= 0.3 is 6.18 Å². The summed E-state index contributed by atoms with van der Waals surface area (Å²) in [6.07, 6.45) is -3.15. The maximum atomic E-state index is 12.7. The number of rotatable bonds is 4. The number of phenolic OH excluding ortho intramolecular Hbond substituents is 1. The molecule has 0 saturated carbocycles. The summed E-state index contributed by atoms with van der Waals surface area (Å²) in [5, 5.41) is 24.3. The molecule has 0 aliphatic rings. The first-order chi connectivity index (χ1) is 12.7. The van der Waals surface area contributed by atoms with E-state index in [1.54, 1.807) is 13.1 Å². The van der Waals surface area contributed by atoms with Crippen LogP contribution in [0.2, 0.25) is 0 Å². The van der Waals surface area contributed by atoms with E-state index in [2.05, 4.69) is 10.3 Å². The van der Waals surface area contributed by atoms with Crippen molar-refractivity contribution in [2.75, 3.05) is 12.4 Å². The number of hydrogen-bond acceptors (Lipinski definition) is 6. The summed E-state index contributed by atoms with van der Waals surface area (Å²) in [4.78, 5) is 15.1. The van der Waals surface area contributed by atoms with E-state index in [1.807, 2.05) is 0 Å². The zero-order chi connectivity index (χ0) is 19.8. The molecule has 3 aromatic rings. The maximum Gasteiger partial charge on any atom is 0.416 e. The third-order valence-electron chi connectivity index (χ3n) is 3.81. The van der Waals surface area contributed by atoms with Crippen LogP contribution in [0.1, 0.15) is 5.56 Å². The first-order valence-corrected chi connectivity index (χ1v) is 8.35. The molecule has 0 fully saturated rings. The number of alkyl halides is 3. The van der Waals surface area contributed by atoms with E-state index in [9.17, 15) is 28.4 Å². The lowest BCUT2D eigenvalue weighted by atomic mass is 10.1. The molecule has 6 nitrogen and oxygen atoms in total. The number of nitrogens with zero attached hydrogens (tertiary/aromatic N) is 2. The highest BCUT2D eigenvalue weighted by atomic mass is 32.1. The van der Waals surface area contributed by atoms with Gasteiger partial charge in [-0.15, -0.1) is 11.3 Å². The van der Waals surface area contributed by atoms with Crippen molar-refractivity contribution in [2.45, 2.75) is 6.18 Å². The van der Waals surface area contributed by atoms with Crippen LogP contribution in [-0.4, -0.2) is 22.1 Å². The van der Waals surface area contributed by atoms with Gasteiger partial charge in [-0.1, -0.05) is 0 Å². The molecule has 0 bridgehead atoms. The number of nitro benzene ring substituents is 1. The van der Waals surface area contributed by atoms with Crippen LogP contribution >= 0.6 is 11.3 Å². The second-order valence-corrected chi connectivity index (χ2v) is 6.53. The monoisotopic (exact) mass is 395 g/mol. The van der Waals surface area contributed by atoms with Gasteiger partial charge in [0.1, 0.15) is 10.8 Å². The highest BCUT2D eigenvalue weighted by Crippen LogP contribution is 2.41. The molecule has 1 aromatic heterocycles. The molecular weight excluding hydrogens is 383 g/mol. The van der Waals surface area contributed by atoms with E-state index >= 15 is 0 Å². The van der Waals surface area contributed by atoms with Crippen molar-refractivity contribution in [1.82, 2.24) is 4.98 Å². The third kappa shape index (κ3) is 3.70. The molecule has 0 aliphatic carbocycles. The van der Waals surface area contributed by atoms with E-state index in [0.29, 0.717) is 27.2 Å². The summed E-state index contributed by atoms with van der Waals surface area (Å²) in [5.74, 6) is -0.520. The van der Waals surface area contributed by atoms with Crippen molar-refractivity contribution in [3.63, 3.8) is 0 Å². The number of nitrogens with one attached hydrogen (secondary N) is 1. The van der Waals surface area contributed by atoms with Crippen LogP contribution in [0.5, 0.6) is 5.75 Å². The van der Waals surface area contributed by atoms with E-state index in [-0.39, 0.29) is 11.3 Å². The van der Waals surface area contributed by atoms with Crippen molar-refractivity contribution in [2.24, 2.45) is 0 Å². The highest BCUT2D eigenvalue weighted by molar-refractivity contribution is 7.18. The smallest absolute Gasteiger partial charge is 0.416 e. The van der Waals surface area contributed by atoms with Gasteiger partial charge in [0.05, 0.1) is 15.4 Å². The van der Waals surface area contributed by atoms with Crippen LogP contribution in [0.3, 0.4) is 0 Å². The SMILES string of the molecule is CNc1ccc([N+](=O)[O-])cc1-c1ncc(-c2ccc(C(F)(F)F)cc2O)s1. The molecule has 27 heavy (non-hydrogen) atoms. The Bertz CT molecular complexity index is 1020. The molecule has 10 heteroatoms. The van der Waals surface area contributed by atoms with Gasteiger partial charge in [0.25, 0.3) is 5.69 Å². The van der Waals surface area contributed by atoms with Crippen LogP contribution in [0.4, 0.5) is 24.5 Å². The molecule has 0 atom stereocenters. The number of aromatic nitrogens is 1. The van der Waals surface area contributed by atoms with Crippen molar-refractivity contribution >= 4 is 22.7 Å². The molecule has 0 saturated heterocycles. The molecule has 2 aromatic carbocycles. The van der Waals surface area contributed by atoms with Gasteiger partial charge < -0.3 is 10.4 Å². The average Bonchev–Trinajstić information content (AvgIpc) is 3.09. The molecule has 1 heterocycles. The Morgan fingerprint density at radius 3 is 2.52 bits per heavy atom. The van der Waals surface area contributed by atoms with Crippen molar-refractivity contribution in [1.29, 1.82) is 0 Å². The average molecular weight is 395 g/mol. The van der Waals surface area contributed by atoms with Crippen molar-refractivity contribution < 1.29 is 23.2 Å². The minimum atomic E-state index is -4.56. The van der Waals surface area contributed by atoms with Crippen molar-refractivity contribution in [3.8, 4) is 26.8 Å². The van der Waals surface area contributed by atoms with Crippen molar-refractivity contribution in [3.05, 3.63) is 58.3 Å². The fourth-order valence-electron chi connectivity index (χ4n) is 2.48. The zero-order valence-corrected chi connectivity index (χ0v) is 14.6. The molecule has 3 rings (SSSR count). The number of thiazole rings is 1. The predicted molar refractivity (Wildman–Crippen MR) is 95.9 cm³/mol. The summed E-state index contributed by atoms with van der Waals surface area (Å²) in [6, 6.07) is 6.96. The molecule has 0 spiro atoms. The summed E-state index contributed by atoms with van der Waals surface area (Å²) < 4.78 is 38.2. The number of nitro groups is 1. The van der Waals surface area contributed by atoms with Gasteiger partial charge in [-0.3, -0.25) is 10.1 Å². The Kier molecular flexibility index (Phi) is 4.75. The first-order valence-electron chi connectivity index (χ1n) is 7.53. The van der Waals surface area contributed by atoms with Gasteiger partial charge in [0.15, 0.2) is 0 Å². The number of anilines is 1. The Labute approximate surface area is 155 Å². The van der Waals surface area contributed by atoms with E-state index < -0.39 is 22.4 Å². The molecule has 0 unspecified atom stereocenters. The minimum absolute atomic E-state index is 0.113.